The minimum atomic E-state index is -0.372. The number of urea groups is 1. The maximum atomic E-state index is 13.6. The van der Waals surface area contributed by atoms with Crippen molar-refractivity contribution in [1.82, 2.24) is 9.88 Å². The number of halogens is 2. The van der Waals surface area contributed by atoms with Crippen molar-refractivity contribution in [2.24, 2.45) is 5.92 Å². The lowest BCUT2D eigenvalue weighted by Crippen LogP contribution is -2.43. The van der Waals surface area contributed by atoms with Crippen LogP contribution in [0.3, 0.4) is 0 Å². The normalized spacial score (nSPS) is 17.0. The molecule has 1 saturated heterocycles. The number of anilines is 1. The van der Waals surface area contributed by atoms with E-state index < -0.39 is 0 Å². The van der Waals surface area contributed by atoms with Crippen LogP contribution in [0.1, 0.15) is 18.5 Å². The molecule has 1 atom stereocenters. The molecule has 0 radical (unpaired) electrons. The number of benzene rings is 1. The first-order valence-corrected chi connectivity index (χ1v) is 8.97. The summed E-state index contributed by atoms with van der Waals surface area (Å²) in [5.41, 5.74) is 1.31. The highest BCUT2D eigenvalue weighted by molar-refractivity contribution is 6.29. The molecule has 1 aromatic carbocycles. The third-order valence-corrected chi connectivity index (χ3v) is 4.62. The fourth-order valence-electron chi connectivity index (χ4n) is 3.01. The van der Waals surface area contributed by atoms with Gasteiger partial charge < -0.3 is 15.0 Å². The molecular formula is C19H21ClFN3O2. The Bertz CT molecular complexity index is 787. The lowest BCUT2D eigenvalue weighted by Gasteiger charge is -2.32. The Balaban J connectivity index is 1.55. The average molecular weight is 378 g/mol. The second kappa shape index (κ2) is 8.36. The number of amides is 2. The molecule has 1 aliphatic heterocycles. The second-order valence-corrected chi connectivity index (χ2v) is 6.78. The number of aromatic nitrogens is 1. The molecule has 7 heteroatoms. The number of aryl methyl sites for hydroxylation is 1. The summed E-state index contributed by atoms with van der Waals surface area (Å²) in [6.45, 7) is 3.43. The van der Waals surface area contributed by atoms with Crippen LogP contribution in [0.25, 0.3) is 0 Å². The minimum Gasteiger partial charge on any atom is -0.490 e. The van der Waals surface area contributed by atoms with Crippen LogP contribution in [0.4, 0.5) is 14.9 Å². The third-order valence-electron chi connectivity index (χ3n) is 4.41. The van der Waals surface area contributed by atoms with Gasteiger partial charge in [-0.05, 0) is 44.0 Å². The van der Waals surface area contributed by atoms with E-state index in [0.29, 0.717) is 36.2 Å². The molecule has 2 heterocycles. The number of para-hydroxylation sites is 1. The van der Waals surface area contributed by atoms with E-state index >= 15 is 0 Å². The summed E-state index contributed by atoms with van der Waals surface area (Å²) in [5, 5.41) is 3.27. The Morgan fingerprint density at radius 1 is 1.38 bits per heavy atom. The van der Waals surface area contributed by atoms with Crippen molar-refractivity contribution in [3.63, 3.8) is 0 Å². The van der Waals surface area contributed by atoms with Gasteiger partial charge in [0.2, 0.25) is 0 Å². The molecule has 2 aromatic rings. The first-order valence-electron chi connectivity index (χ1n) is 8.59. The first kappa shape index (κ1) is 18.5. The number of carbonyl (C=O) groups is 1. The maximum Gasteiger partial charge on any atom is 0.321 e. The number of nitrogens with one attached hydrogen (secondary N) is 1. The van der Waals surface area contributed by atoms with Gasteiger partial charge in [0.1, 0.15) is 5.15 Å². The topological polar surface area (TPSA) is 54.5 Å². The van der Waals surface area contributed by atoms with Crippen LogP contribution in [0.2, 0.25) is 5.15 Å². The molecule has 0 saturated carbocycles. The molecule has 0 bridgehead atoms. The van der Waals surface area contributed by atoms with Gasteiger partial charge in [-0.2, -0.15) is 0 Å². The fraction of sp³-hybridized carbons (Fsp3) is 0.368. The summed E-state index contributed by atoms with van der Waals surface area (Å²) in [5.74, 6) is 0.0408. The van der Waals surface area contributed by atoms with Crippen molar-refractivity contribution in [1.29, 1.82) is 0 Å². The quantitative estimate of drug-likeness (QED) is 0.798. The number of likely N-dealkylation sites (tertiary alicyclic amines) is 1. The monoisotopic (exact) mass is 377 g/mol. The van der Waals surface area contributed by atoms with Gasteiger partial charge in [0.25, 0.3) is 0 Å². The van der Waals surface area contributed by atoms with E-state index in [1.165, 1.54) is 6.07 Å². The Hall–Kier alpha value is -2.34. The van der Waals surface area contributed by atoms with Crippen LogP contribution in [-0.4, -0.2) is 35.6 Å². The van der Waals surface area contributed by atoms with Crippen molar-refractivity contribution >= 4 is 23.3 Å². The Morgan fingerprint density at radius 2 is 2.19 bits per heavy atom. The number of ether oxygens (including phenoxy) is 1. The molecule has 1 aliphatic rings. The third kappa shape index (κ3) is 4.64. The summed E-state index contributed by atoms with van der Waals surface area (Å²) in [4.78, 5) is 18.4. The van der Waals surface area contributed by atoms with Crippen LogP contribution in [-0.2, 0) is 0 Å². The zero-order valence-electron chi connectivity index (χ0n) is 14.5. The van der Waals surface area contributed by atoms with Crippen LogP contribution in [0, 0.1) is 18.7 Å². The summed E-state index contributed by atoms with van der Waals surface area (Å²) < 4.78 is 19.2. The highest BCUT2D eigenvalue weighted by atomic mass is 35.5. The Kier molecular flexibility index (Phi) is 5.93. The summed E-state index contributed by atoms with van der Waals surface area (Å²) in [6.07, 6.45) is 1.83. The minimum absolute atomic E-state index is 0.165. The molecule has 0 spiro atoms. The van der Waals surface area contributed by atoms with E-state index in [-0.39, 0.29) is 23.5 Å². The zero-order chi connectivity index (χ0) is 18.5. The van der Waals surface area contributed by atoms with E-state index in [4.69, 9.17) is 16.3 Å². The van der Waals surface area contributed by atoms with Gasteiger partial charge in [0, 0.05) is 19.0 Å². The molecule has 0 aliphatic carbocycles. The van der Waals surface area contributed by atoms with Gasteiger partial charge in [0.15, 0.2) is 11.6 Å². The van der Waals surface area contributed by atoms with Gasteiger partial charge in [0.05, 0.1) is 18.0 Å². The van der Waals surface area contributed by atoms with Gasteiger partial charge in [-0.25, -0.2) is 14.2 Å². The van der Waals surface area contributed by atoms with Crippen molar-refractivity contribution < 1.29 is 13.9 Å². The number of piperidine rings is 1. The highest BCUT2D eigenvalue weighted by Crippen LogP contribution is 2.22. The van der Waals surface area contributed by atoms with Crippen LogP contribution < -0.4 is 10.1 Å². The maximum absolute atomic E-state index is 13.6. The average Bonchev–Trinajstić information content (AvgIpc) is 2.63. The SMILES string of the molecule is Cc1nc(Cl)ccc1NC(=O)N1CCC[C@@H](COc2ccccc2F)C1. The number of hydrogen-bond acceptors (Lipinski definition) is 3. The Morgan fingerprint density at radius 3 is 2.96 bits per heavy atom. The van der Waals surface area contributed by atoms with E-state index in [1.807, 2.05) is 0 Å². The number of pyridine rings is 1. The molecule has 1 N–H and O–H groups in total. The predicted octanol–water partition coefficient (Wildman–Crippen LogP) is 4.51. The van der Waals surface area contributed by atoms with Gasteiger partial charge in [-0.3, -0.25) is 0 Å². The van der Waals surface area contributed by atoms with Crippen molar-refractivity contribution in [3.8, 4) is 5.75 Å². The number of rotatable bonds is 4. The molecule has 1 fully saturated rings. The van der Waals surface area contributed by atoms with Gasteiger partial charge in [-0.15, -0.1) is 0 Å². The number of carbonyl (C=O) groups excluding carboxylic acids is 1. The van der Waals surface area contributed by atoms with E-state index in [2.05, 4.69) is 10.3 Å². The van der Waals surface area contributed by atoms with E-state index in [9.17, 15) is 9.18 Å². The highest BCUT2D eigenvalue weighted by Gasteiger charge is 2.25. The molecular weight excluding hydrogens is 357 g/mol. The lowest BCUT2D eigenvalue weighted by atomic mass is 9.99. The summed E-state index contributed by atoms with van der Waals surface area (Å²) >= 11 is 5.84. The molecule has 5 nitrogen and oxygen atoms in total. The van der Waals surface area contributed by atoms with Crippen LogP contribution >= 0.6 is 11.6 Å². The lowest BCUT2D eigenvalue weighted by molar-refractivity contribution is 0.143. The number of nitrogens with zero attached hydrogens (tertiary/aromatic N) is 2. The van der Waals surface area contributed by atoms with Crippen LogP contribution in [0.5, 0.6) is 5.75 Å². The zero-order valence-corrected chi connectivity index (χ0v) is 15.3. The van der Waals surface area contributed by atoms with Crippen molar-refractivity contribution in [2.75, 3.05) is 25.0 Å². The number of hydrogen-bond donors (Lipinski definition) is 1. The molecule has 0 unspecified atom stereocenters. The smallest absolute Gasteiger partial charge is 0.321 e. The molecule has 1 aromatic heterocycles. The Labute approximate surface area is 157 Å². The molecule has 138 valence electrons. The van der Waals surface area contributed by atoms with Crippen LogP contribution in [0.15, 0.2) is 36.4 Å². The van der Waals surface area contributed by atoms with Crippen molar-refractivity contribution in [3.05, 3.63) is 53.1 Å². The van der Waals surface area contributed by atoms with E-state index in [1.54, 1.807) is 42.2 Å². The standard InChI is InChI=1S/C19H21ClFN3O2/c1-13-16(8-9-18(20)22-13)23-19(25)24-10-4-5-14(11-24)12-26-17-7-3-2-6-15(17)21/h2-3,6-9,14H,4-5,10-12H2,1H3,(H,23,25)/t14-/m1/s1. The van der Waals surface area contributed by atoms with E-state index in [0.717, 1.165) is 12.8 Å². The summed E-state index contributed by atoms with van der Waals surface area (Å²) in [7, 11) is 0. The van der Waals surface area contributed by atoms with Gasteiger partial charge in [-0.1, -0.05) is 23.7 Å². The molecule has 3 rings (SSSR count). The summed E-state index contributed by atoms with van der Waals surface area (Å²) in [6, 6.07) is 9.56. The predicted molar refractivity (Wildman–Crippen MR) is 99.2 cm³/mol. The largest absolute Gasteiger partial charge is 0.490 e. The van der Waals surface area contributed by atoms with Gasteiger partial charge >= 0.3 is 6.03 Å². The fourth-order valence-corrected chi connectivity index (χ4v) is 3.20. The second-order valence-electron chi connectivity index (χ2n) is 6.39. The van der Waals surface area contributed by atoms with Crippen molar-refractivity contribution in [2.45, 2.75) is 19.8 Å². The first-order chi connectivity index (χ1) is 12.5. The molecule has 26 heavy (non-hydrogen) atoms. The molecule has 2 amide bonds.